The minimum Gasteiger partial charge on any atom is -0.506 e. The summed E-state index contributed by atoms with van der Waals surface area (Å²) in [5, 5.41) is 13.5. The Kier molecular flexibility index (Phi) is 5.57. The van der Waals surface area contributed by atoms with Crippen molar-refractivity contribution in [3.8, 4) is 5.75 Å². The smallest absolute Gasteiger partial charge is 0.137 e. The number of halogens is 2. The Morgan fingerprint density at radius 2 is 2.15 bits per heavy atom. The van der Waals surface area contributed by atoms with Crippen LogP contribution in [0.15, 0.2) is 29.3 Å². The molecular formula is C15H20BrFN2O. The Labute approximate surface area is 127 Å². The molecule has 0 bridgehead atoms. The molecule has 0 aromatic heterocycles. The van der Waals surface area contributed by atoms with E-state index >= 15 is 0 Å². The first-order valence-electron chi connectivity index (χ1n) is 6.87. The third-order valence-corrected chi connectivity index (χ3v) is 4.32. The van der Waals surface area contributed by atoms with Gasteiger partial charge in [0.1, 0.15) is 11.6 Å². The van der Waals surface area contributed by atoms with E-state index in [4.69, 9.17) is 0 Å². The number of hydrogen-bond donors (Lipinski definition) is 2. The molecule has 1 heterocycles. The van der Waals surface area contributed by atoms with Crippen molar-refractivity contribution < 1.29 is 9.50 Å². The zero-order valence-electron chi connectivity index (χ0n) is 11.4. The van der Waals surface area contributed by atoms with Crippen LogP contribution in [0.3, 0.4) is 0 Å². The van der Waals surface area contributed by atoms with Gasteiger partial charge in [-0.2, -0.15) is 0 Å². The maximum Gasteiger partial charge on any atom is 0.137 e. The second-order valence-electron chi connectivity index (χ2n) is 4.96. The van der Waals surface area contributed by atoms with Crippen LogP contribution in [0, 0.1) is 5.82 Å². The molecule has 1 saturated heterocycles. The van der Waals surface area contributed by atoms with Crippen LogP contribution in [0.2, 0.25) is 0 Å². The first-order valence-corrected chi connectivity index (χ1v) is 7.67. The summed E-state index contributed by atoms with van der Waals surface area (Å²) >= 11 is 3.27. The molecule has 0 aliphatic carbocycles. The second-order valence-corrected chi connectivity index (χ2v) is 5.81. The fourth-order valence-electron chi connectivity index (χ4n) is 2.65. The summed E-state index contributed by atoms with van der Waals surface area (Å²) in [5.41, 5.74) is 0.392. The van der Waals surface area contributed by atoms with Gasteiger partial charge in [0.2, 0.25) is 0 Å². The number of benzene rings is 1. The highest BCUT2D eigenvalue weighted by Gasteiger charge is 2.27. The topological polar surface area (TPSA) is 35.5 Å². The van der Waals surface area contributed by atoms with Crippen LogP contribution in [0.5, 0.6) is 5.75 Å². The van der Waals surface area contributed by atoms with Gasteiger partial charge in [0.05, 0.1) is 4.47 Å². The zero-order chi connectivity index (χ0) is 14.5. The van der Waals surface area contributed by atoms with E-state index in [0.717, 1.165) is 39.0 Å². The Morgan fingerprint density at radius 3 is 2.80 bits per heavy atom. The molecule has 0 radical (unpaired) electrons. The fraction of sp³-hybridized carbons (Fsp3) is 0.467. The summed E-state index contributed by atoms with van der Waals surface area (Å²) in [4.78, 5) is 2.23. The van der Waals surface area contributed by atoms with Gasteiger partial charge in [0.25, 0.3) is 0 Å². The van der Waals surface area contributed by atoms with E-state index < -0.39 is 0 Å². The molecule has 1 fully saturated rings. The minimum absolute atomic E-state index is 0.0117. The van der Waals surface area contributed by atoms with Gasteiger partial charge in [-0.25, -0.2) is 4.39 Å². The summed E-state index contributed by atoms with van der Waals surface area (Å²) in [6, 6.07) is 2.83. The number of phenolic OH excluding ortho intramolecular Hbond substituents is 1. The van der Waals surface area contributed by atoms with Crippen LogP contribution >= 0.6 is 15.9 Å². The number of rotatable bonds is 5. The van der Waals surface area contributed by atoms with Crippen molar-refractivity contribution in [2.45, 2.75) is 18.9 Å². The van der Waals surface area contributed by atoms with Crippen LogP contribution in [-0.4, -0.2) is 36.2 Å². The molecule has 1 aromatic rings. The standard InChI is InChI=1S/C15H20BrFN2O/c1-2-3-4-13(19-9-7-18-8-10-19)14-12(17)6-5-11(16)15(14)20/h2,5-6,13,18,20H,1,3-4,7-10H2/t13-/m1/s1. The third-order valence-electron chi connectivity index (χ3n) is 3.68. The molecule has 110 valence electrons. The molecule has 5 heteroatoms. The number of nitrogens with zero attached hydrogens (tertiary/aromatic N) is 1. The Bertz CT molecular complexity index is 475. The van der Waals surface area contributed by atoms with Gasteiger partial charge < -0.3 is 10.4 Å². The quantitative estimate of drug-likeness (QED) is 0.806. The lowest BCUT2D eigenvalue weighted by Crippen LogP contribution is -2.45. The predicted molar refractivity (Wildman–Crippen MR) is 82.4 cm³/mol. The van der Waals surface area contributed by atoms with E-state index in [1.54, 1.807) is 0 Å². The van der Waals surface area contributed by atoms with E-state index in [0.29, 0.717) is 10.0 Å². The summed E-state index contributed by atoms with van der Waals surface area (Å²) in [6.45, 7) is 7.23. The van der Waals surface area contributed by atoms with Crippen molar-refractivity contribution in [1.82, 2.24) is 10.2 Å². The molecule has 1 aromatic carbocycles. The van der Waals surface area contributed by atoms with Gasteiger partial charge in [-0.3, -0.25) is 4.90 Å². The molecule has 1 aliphatic rings. The summed E-state index contributed by atoms with van der Waals surface area (Å²) < 4.78 is 14.7. The highest BCUT2D eigenvalue weighted by molar-refractivity contribution is 9.10. The fourth-order valence-corrected chi connectivity index (χ4v) is 3.00. The van der Waals surface area contributed by atoms with Crippen LogP contribution in [0.4, 0.5) is 4.39 Å². The summed E-state index contributed by atoms with van der Waals surface area (Å²) in [7, 11) is 0. The molecule has 2 N–H and O–H groups in total. The molecule has 0 amide bonds. The van der Waals surface area contributed by atoms with E-state index in [1.807, 2.05) is 6.08 Å². The van der Waals surface area contributed by atoms with Crippen molar-refractivity contribution in [2.24, 2.45) is 0 Å². The van der Waals surface area contributed by atoms with Crippen molar-refractivity contribution >= 4 is 15.9 Å². The highest BCUT2D eigenvalue weighted by atomic mass is 79.9. The second kappa shape index (κ2) is 7.20. The highest BCUT2D eigenvalue weighted by Crippen LogP contribution is 2.38. The molecule has 1 aliphatic heterocycles. The molecule has 3 nitrogen and oxygen atoms in total. The Balaban J connectivity index is 2.34. The third kappa shape index (κ3) is 3.40. The normalized spacial score (nSPS) is 17.9. The van der Waals surface area contributed by atoms with E-state index in [9.17, 15) is 9.50 Å². The maximum absolute atomic E-state index is 14.2. The average molecular weight is 343 g/mol. The SMILES string of the molecule is C=CCC[C@H](c1c(F)ccc(Br)c1O)N1CCNCC1. The monoisotopic (exact) mass is 342 g/mol. The first kappa shape index (κ1) is 15.5. The van der Waals surface area contributed by atoms with Crippen LogP contribution in [-0.2, 0) is 0 Å². The molecule has 20 heavy (non-hydrogen) atoms. The number of phenols is 1. The minimum atomic E-state index is -0.349. The first-order chi connectivity index (χ1) is 9.65. The lowest BCUT2D eigenvalue weighted by Gasteiger charge is -2.35. The van der Waals surface area contributed by atoms with Gasteiger partial charge in [0.15, 0.2) is 0 Å². The molecule has 0 spiro atoms. The van der Waals surface area contributed by atoms with Crippen molar-refractivity contribution in [2.75, 3.05) is 26.2 Å². The summed E-state index contributed by atoms with van der Waals surface area (Å²) in [6.07, 6.45) is 3.38. The zero-order valence-corrected chi connectivity index (χ0v) is 13.0. The number of aromatic hydroxyl groups is 1. The van der Waals surface area contributed by atoms with Gasteiger partial charge in [-0.05, 0) is 40.9 Å². The predicted octanol–water partition coefficient (Wildman–Crippen LogP) is 3.21. The number of nitrogens with one attached hydrogen (secondary N) is 1. The molecule has 2 rings (SSSR count). The Morgan fingerprint density at radius 1 is 1.45 bits per heavy atom. The van der Waals surface area contributed by atoms with Crippen LogP contribution < -0.4 is 5.32 Å². The van der Waals surface area contributed by atoms with Crippen LogP contribution in [0.1, 0.15) is 24.4 Å². The van der Waals surface area contributed by atoms with Gasteiger partial charge in [0, 0.05) is 37.8 Å². The average Bonchev–Trinajstić information content (AvgIpc) is 2.47. The number of piperazine rings is 1. The number of hydrogen-bond acceptors (Lipinski definition) is 3. The lowest BCUT2D eigenvalue weighted by molar-refractivity contribution is 0.160. The van der Waals surface area contributed by atoms with Crippen molar-refractivity contribution in [3.05, 3.63) is 40.6 Å². The Hall–Kier alpha value is -0.910. The molecule has 0 saturated carbocycles. The maximum atomic E-state index is 14.2. The summed E-state index contributed by atoms with van der Waals surface area (Å²) in [5.74, 6) is -0.337. The van der Waals surface area contributed by atoms with Gasteiger partial charge >= 0.3 is 0 Å². The van der Waals surface area contributed by atoms with E-state index in [2.05, 4.69) is 32.7 Å². The molecule has 1 atom stereocenters. The van der Waals surface area contributed by atoms with E-state index in [1.165, 1.54) is 12.1 Å². The van der Waals surface area contributed by atoms with Gasteiger partial charge in [-0.15, -0.1) is 6.58 Å². The molecular weight excluding hydrogens is 323 g/mol. The van der Waals surface area contributed by atoms with Gasteiger partial charge in [-0.1, -0.05) is 6.08 Å². The van der Waals surface area contributed by atoms with Crippen molar-refractivity contribution in [3.63, 3.8) is 0 Å². The largest absolute Gasteiger partial charge is 0.506 e. The lowest BCUT2D eigenvalue weighted by atomic mass is 9.98. The molecule has 0 unspecified atom stereocenters. The van der Waals surface area contributed by atoms with E-state index in [-0.39, 0.29) is 17.6 Å². The van der Waals surface area contributed by atoms with Crippen LogP contribution in [0.25, 0.3) is 0 Å². The van der Waals surface area contributed by atoms with Crippen molar-refractivity contribution in [1.29, 1.82) is 0 Å². The number of allylic oxidation sites excluding steroid dienone is 1.